The molecule has 0 radical (unpaired) electrons. The Morgan fingerprint density at radius 1 is 1.10 bits per heavy atom. The van der Waals surface area contributed by atoms with Crippen molar-refractivity contribution in [3.05, 3.63) is 71.5 Å². The number of halogens is 3. The lowest BCUT2D eigenvalue weighted by molar-refractivity contribution is -0.137. The summed E-state index contributed by atoms with van der Waals surface area (Å²) < 4.78 is 45.2. The predicted molar refractivity (Wildman–Crippen MR) is 96.7 cm³/mol. The number of aromatic nitrogens is 3. The van der Waals surface area contributed by atoms with Crippen LogP contribution in [-0.2, 0) is 10.9 Å². The highest BCUT2D eigenvalue weighted by molar-refractivity contribution is 6.03. The minimum Gasteiger partial charge on any atom is -0.462 e. The van der Waals surface area contributed by atoms with Gasteiger partial charge in [0.15, 0.2) is 5.69 Å². The summed E-state index contributed by atoms with van der Waals surface area (Å²) in [5.74, 6) is -1.15. The van der Waals surface area contributed by atoms with Crippen molar-refractivity contribution in [2.45, 2.75) is 13.1 Å². The van der Waals surface area contributed by atoms with Crippen molar-refractivity contribution in [2.24, 2.45) is 0 Å². The highest BCUT2D eigenvalue weighted by atomic mass is 19.4. The number of hydrogen-bond acceptors (Lipinski definition) is 5. The summed E-state index contributed by atoms with van der Waals surface area (Å²) >= 11 is 0. The summed E-state index contributed by atoms with van der Waals surface area (Å²) in [6.07, 6.45) is -3.47. The molecule has 2 aromatic carbocycles. The number of alkyl halides is 3. The molecule has 3 aromatic rings. The summed E-state index contributed by atoms with van der Waals surface area (Å²) in [6.45, 7) is 1.93. The number of nitrogens with one attached hydrogen (secondary N) is 1. The number of para-hydroxylation sites is 1. The van der Waals surface area contributed by atoms with E-state index in [4.69, 9.17) is 4.74 Å². The molecule has 29 heavy (non-hydrogen) atoms. The van der Waals surface area contributed by atoms with Crippen molar-refractivity contribution < 1.29 is 27.5 Å². The maximum atomic E-state index is 13.2. The molecular formula is C19H15F3N4O3. The second-order valence-electron chi connectivity index (χ2n) is 5.82. The van der Waals surface area contributed by atoms with Crippen LogP contribution in [0.25, 0.3) is 5.69 Å². The van der Waals surface area contributed by atoms with Crippen LogP contribution in [0.1, 0.15) is 33.3 Å². The van der Waals surface area contributed by atoms with Crippen LogP contribution in [0, 0.1) is 0 Å². The molecule has 7 nitrogen and oxygen atoms in total. The lowest BCUT2D eigenvalue weighted by atomic mass is 10.1. The van der Waals surface area contributed by atoms with Crippen molar-refractivity contribution >= 4 is 17.6 Å². The zero-order valence-corrected chi connectivity index (χ0v) is 15.1. The Labute approximate surface area is 163 Å². The summed E-state index contributed by atoms with van der Waals surface area (Å²) in [4.78, 5) is 23.9. The zero-order chi connectivity index (χ0) is 21.0. The van der Waals surface area contributed by atoms with E-state index in [1.165, 1.54) is 42.5 Å². The third-order valence-corrected chi connectivity index (χ3v) is 3.84. The molecule has 0 bridgehead atoms. The molecule has 1 amide bonds. The lowest BCUT2D eigenvalue weighted by Gasteiger charge is -2.11. The van der Waals surface area contributed by atoms with Crippen LogP contribution in [0.15, 0.2) is 54.7 Å². The molecule has 1 aromatic heterocycles. The number of esters is 1. The molecule has 0 aliphatic carbocycles. The SMILES string of the molecule is CCOC(=O)c1ccc(NC(=O)c2cn(-c3ccccc3C(F)(F)F)nn2)cc1. The van der Waals surface area contributed by atoms with Crippen molar-refractivity contribution in [1.82, 2.24) is 15.0 Å². The first-order valence-electron chi connectivity index (χ1n) is 8.47. The second-order valence-corrected chi connectivity index (χ2v) is 5.82. The van der Waals surface area contributed by atoms with Gasteiger partial charge in [-0.15, -0.1) is 5.10 Å². The van der Waals surface area contributed by atoms with Gasteiger partial charge in [-0.05, 0) is 43.3 Å². The molecule has 0 unspecified atom stereocenters. The first kappa shape index (κ1) is 20.1. The molecule has 0 saturated carbocycles. The van der Waals surface area contributed by atoms with E-state index in [0.717, 1.165) is 16.9 Å². The molecule has 0 saturated heterocycles. The molecule has 1 N–H and O–H groups in total. The van der Waals surface area contributed by atoms with Crippen molar-refractivity contribution in [1.29, 1.82) is 0 Å². The maximum absolute atomic E-state index is 13.2. The molecule has 0 fully saturated rings. The maximum Gasteiger partial charge on any atom is 0.418 e. The van der Waals surface area contributed by atoms with Crippen LogP contribution in [0.5, 0.6) is 0 Å². The highest BCUT2D eigenvalue weighted by Gasteiger charge is 2.34. The van der Waals surface area contributed by atoms with E-state index in [0.29, 0.717) is 11.3 Å². The van der Waals surface area contributed by atoms with Crippen LogP contribution < -0.4 is 5.32 Å². The lowest BCUT2D eigenvalue weighted by Crippen LogP contribution is -2.13. The Kier molecular flexibility index (Phi) is 5.62. The summed E-state index contributed by atoms with van der Waals surface area (Å²) in [7, 11) is 0. The van der Waals surface area contributed by atoms with Gasteiger partial charge in [0.25, 0.3) is 5.91 Å². The number of benzene rings is 2. The Hall–Kier alpha value is -3.69. The van der Waals surface area contributed by atoms with Crippen molar-refractivity contribution in [3.8, 4) is 5.69 Å². The molecule has 10 heteroatoms. The Bertz CT molecular complexity index is 1030. The van der Waals surface area contributed by atoms with Crippen LogP contribution in [0.4, 0.5) is 18.9 Å². The number of amides is 1. The number of hydrogen-bond donors (Lipinski definition) is 1. The standard InChI is InChI=1S/C19H15F3N4O3/c1-2-29-18(28)12-7-9-13(10-8-12)23-17(27)15-11-26(25-24-15)16-6-4-3-5-14(16)19(20,21)22/h3-11H,2H2,1H3,(H,23,27). The van der Waals surface area contributed by atoms with E-state index in [9.17, 15) is 22.8 Å². The van der Waals surface area contributed by atoms with Gasteiger partial charge >= 0.3 is 12.1 Å². The molecule has 3 rings (SSSR count). The van der Waals surface area contributed by atoms with Crippen molar-refractivity contribution in [3.63, 3.8) is 0 Å². The van der Waals surface area contributed by atoms with E-state index in [1.807, 2.05) is 0 Å². The molecule has 150 valence electrons. The van der Waals surface area contributed by atoms with E-state index < -0.39 is 23.6 Å². The van der Waals surface area contributed by atoms with Gasteiger partial charge in [-0.3, -0.25) is 4.79 Å². The average Bonchev–Trinajstić information content (AvgIpc) is 3.18. The third-order valence-electron chi connectivity index (χ3n) is 3.84. The molecular weight excluding hydrogens is 389 g/mol. The summed E-state index contributed by atoms with van der Waals surface area (Å²) in [5.41, 5.74) is -0.624. The Balaban J connectivity index is 1.76. The second kappa shape index (κ2) is 8.13. The first-order chi connectivity index (χ1) is 13.8. The monoisotopic (exact) mass is 404 g/mol. The minimum absolute atomic E-state index is 0.170. The average molecular weight is 404 g/mol. The number of carbonyl (C=O) groups excluding carboxylic acids is 2. The van der Waals surface area contributed by atoms with Gasteiger partial charge < -0.3 is 10.1 Å². The fourth-order valence-corrected chi connectivity index (χ4v) is 2.50. The predicted octanol–water partition coefficient (Wildman–Crippen LogP) is 3.72. The molecule has 0 aliphatic rings. The first-order valence-corrected chi connectivity index (χ1v) is 8.47. The van der Waals surface area contributed by atoms with Crippen LogP contribution in [-0.4, -0.2) is 33.5 Å². The van der Waals surface area contributed by atoms with Crippen molar-refractivity contribution in [2.75, 3.05) is 11.9 Å². The van der Waals surface area contributed by atoms with Gasteiger partial charge in [0, 0.05) is 5.69 Å². The van der Waals surface area contributed by atoms with Crippen LogP contribution in [0.3, 0.4) is 0 Å². The fourth-order valence-electron chi connectivity index (χ4n) is 2.50. The number of ether oxygens (including phenoxy) is 1. The van der Waals surface area contributed by atoms with Crippen LogP contribution >= 0.6 is 0 Å². The largest absolute Gasteiger partial charge is 0.462 e. The quantitative estimate of drug-likeness (QED) is 0.655. The third kappa shape index (κ3) is 4.60. The van der Waals surface area contributed by atoms with Gasteiger partial charge in [0.2, 0.25) is 0 Å². The summed E-state index contributed by atoms with van der Waals surface area (Å²) in [5, 5.41) is 9.80. The van der Waals surface area contributed by atoms with E-state index in [2.05, 4.69) is 15.6 Å². The fraction of sp³-hybridized carbons (Fsp3) is 0.158. The van der Waals surface area contributed by atoms with Crippen LogP contribution in [0.2, 0.25) is 0 Å². The van der Waals surface area contributed by atoms with E-state index in [1.54, 1.807) is 6.92 Å². The normalized spacial score (nSPS) is 11.2. The highest BCUT2D eigenvalue weighted by Crippen LogP contribution is 2.33. The van der Waals surface area contributed by atoms with E-state index >= 15 is 0 Å². The van der Waals surface area contributed by atoms with Gasteiger partial charge in [-0.25, -0.2) is 9.48 Å². The van der Waals surface area contributed by atoms with Gasteiger partial charge in [-0.2, -0.15) is 13.2 Å². The number of anilines is 1. The topological polar surface area (TPSA) is 86.1 Å². The summed E-state index contributed by atoms with van der Waals surface area (Å²) in [6, 6.07) is 10.8. The number of carbonyl (C=O) groups is 2. The van der Waals surface area contributed by atoms with Gasteiger partial charge in [-0.1, -0.05) is 17.3 Å². The number of nitrogens with zero attached hydrogens (tertiary/aromatic N) is 3. The van der Waals surface area contributed by atoms with Gasteiger partial charge in [0.05, 0.1) is 29.6 Å². The molecule has 0 spiro atoms. The Morgan fingerprint density at radius 3 is 2.45 bits per heavy atom. The van der Waals surface area contributed by atoms with Gasteiger partial charge in [0.1, 0.15) is 0 Å². The molecule has 1 heterocycles. The molecule has 0 atom stereocenters. The number of rotatable bonds is 5. The Morgan fingerprint density at radius 2 is 1.79 bits per heavy atom. The zero-order valence-electron chi connectivity index (χ0n) is 15.1. The minimum atomic E-state index is -4.58. The smallest absolute Gasteiger partial charge is 0.418 e. The van der Waals surface area contributed by atoms with E-state index in [-0.39, 0.29) is 18.0 Å². The molecule has 0 aliphatic heterocycles.